The van der Waals surface area contributed by atoms with Gasteiger partial charge in [-0.2, -0.15) is 0 Å². The topological polar surface area (TPSA) is 32.7 Å². The molecule has 0 atom stereocenters. The zero-order chi connectivity index (χ0) is 10.7. The Bertz CT molecular complexity index is 332. The summed E-state index contributed by atoms with van der Waals surface area (Å²) in [5.41, 5.74) is 1.01. The van der Waals surface area contributed by atoms with Crippen molar-refractivity contribution in [3.63, 3.8) is 0 Å². The first-order valence-electron chi connectivity index (χ1n) is 5.43. The molecule has 15 heavy (non-hydrogen) atoms. The van der Waals surface area contributed by atoms with Gasteiger partial charge in [0.05, 0.1) is 12.8 Å². The quantitative estimate of drug-likeness (QED) is 0.808. The second-order valence-electron chi connectivity index (χ2n) is 3.90. The zero-order valence-electron chi connectivity index (χ0n) is 9.07. The van der Waals surface area contributed by atoms with Crippen LogP contribution in [0.1, 0.15) is 19.3 Å². The molecule has 1 N–H and O–H groups in total. The van der Waals surface area contributed by atoms with Crippen molar-refractivity contribution in [1.82, 2.24) is 0 Å². The molecule has 0 amide bonds. The van der Waals surface area contributed by atoms with Gasteiger partial charge >= 0.3 is 0 Å². The Morgan fingerprint density at radius 3 is 2.60 bits per heavy atom. The van der Waals surface area contributed by atoms with E-state index in [-0.39, 0.29) is 0 Å². The Labute approximate surface area is 90.3 Å². The summed E-state index contributed by atoms with van der Waals surface area (Å²) < 4.78 is 5.30. The highest BCUT2D eigenvalue weighted by Crippen LogP contribution is 2.33. The van der Waals surface area contributed by atoms with E-state index < -0.39 is 0 Å². The Kier molecular flexibility index (Phi) is 2.99. The predicted octanol–water partition coefficient (Wildman–Crippen LogP) is 2.39. The third-order valence-electron chi connectivity index (χ3n) is 2.86. The van der Waals surface area contributed by atoms with Gasteiger partial charge in [0.25, 0.3) is 0 Å². The molecular weight excluding hydrogens is 190 g/mol. The van der Waals surface area contributed by atoms with Gasteiger partial charge in [-0.25, -0.2) is 0 Å². The number of rotatable bonds is 2. The van der Waals surface area contributed by atoms with Crippen LogP contribution in [0.2, 0.25) is 0 Å². The highest BCUT2D eigenvalue weighted by molar-refractivity contribution is 5.61. The number of aromatic hydroxyl groups is 1. The van der Waals surface area contributed by atoms with Crippen molar-refractivity contribution in [2.24, 2.45) is 0 Å². The van der Waals surface area contributed by atoms with Crippen LogP contribution in [-0.4, -0.2) is 25.3 Å². The number of ether oxygens (including phenoxy) is 1. The molecule has 1 heterocycles. The number of anilines is 1. The Balaban J connectivity index is 2.27. The molecule has 2 rings (SSSR count). The fourth-order valence-electron chi connectivity index (χ4n) is 2.06. The van der Waals surface area contributed by atoms with Gasteiger partial charge in [-0.15, -0.1) is 0 Å². The number of benzene rings is 1. The lowest BCUT2D eigenvalue weighted by Gasteiger charge is -2.30. The fraction of sp³-hybridized carbons (Fsp3) is 0.500. The molecule has 1 aromatic rings. The molecule has 0 spiro atoms. The van der Waals surface area contributed by atoms with Crippen LogP contribution in [0.5, 0.6) is 11.5 Å². The first-order chi connectivity index (χ1) is 7.31. The van der Waals surface area contributed by atoms with Crippen LogP contribution in [0.25, 0.3) is 0 Å². The lowest BCUT2D eigenvalue weighted by Crippen LogP contribution is -2.29. The molecular formula is C12H17NO2. The minimum absolute atomic E-state index is 0.302. The van der Waals surface area contributed by atoms with Gasteiger partial charge < -0.3 is 14.7 Å². The number of hydrogen-bond donors (Lipinski definition) is 1. The van der Waals surface area contributed by atoms with Crippen LogP contribution in [-0.2, 0) is 0 Å². The largest absolute Gasteiger partial charge is 0.508 e. The van der Waals surface area contributed by atoms with Gasteiger partial charge in [0, 0.05) is 19.2 Å². The second kappa shape index (κ2) is 4.43. The van der Waals surface area contributed by atoms with Gasteiger partial charge in [-0.3, -0.25) is 0 Å². The Morgan fingerprint density at radius 1 is 1.20 bits per heavy atom. The molecule has 1 aromatic carbocycles. The van der Waals surface area contributed by atoms with E-state index in [2.05, 4.69) is 4.90 Å². The predicted molar refractivity (Wildman–Crippen MR) is 60.7 cm³/mol. The molecule has 0 radical (unpaired) electrons. The van der Waals surface area contributed by atoms with Crippen LogP contribution < -0.4 is 9.64 Å². The van der Waals surface area contributed by atoms with Crippen molar-refractivity contribution in [3.8, 4) is 11.5 Å². The Hall–Kier alpha value is -1.38. The van der Waals surface area contributed by atoms with Crippen molar-refractivity contribution < 1.29 is 9.84 Å². The summed E-state index contributed by atoms with van der Waals surface area (Å²) in [6.45, 7) is 2.11. The van der Waals surface area contributed by atoms with E-state index in [1.54, 1.807) is 19.2 Å². The lowest BCUT2D eigenvalue weighted by molar-refractivity contribution is 0.410. The van der Waals surface area contributed by atoms with Gasteiger partial charge in [0.15, 0.2) is 0 Å². The maximum atomic E-state index is 9.48. The lowest BCUT2D eigenvalue weighted by atomic mass is 10.1. The average Bonchev–Trinajstić information content (AvgIpc) is 2.30. The van der Waals surface area contributed by atoms with E-state index in [9.17, 15) is 5.11 Å². The van der Waals surface area contributed by atoms with E-state index in [1.807, 2.05) is 6.07 Å². The zero-order valence-corrected chi connectivity index (χ0v) is 9.07. The molecule has 0 aromatic heterocycles. The molecule has 0 saturated carbocycles. The second-order valence-corrected chi connectivity index (χ2v) is 3.90. The molecule has 0 aliphatic carbocycles. The van der Waals surface area contributed by atoms with Crippen molar-refractivity contribution in [2.75, 3.05) is 25.1 Å². The molecule has 1 saturated heterocycles. The van der Waals surface area contributed by atoms with Crippen LogP contribution in [0.3, 0.4) is 0 Å². The molecule has 0 bridgehead atoms. The van der Waals surface area contributed by atoms with E-state index in [1.165, 1.54) is 19.3 Å². The normalized spacial score (nSPS) is 16.5. The SMILES string of the molecule is COc1ccc(O)cc1N1CCCCC1. The summed E-state index contributed by atoms with van der Waals surface area (Å²) in [6.07, 6.45) is 3.75. The van der Waals surface area contributed by atoms with Crippen molar-refractivity contribution in [2.45, 2.75) is 19.3 Å². The third kappa shape index (κ3) is 2.17. The number of hydrogen-bond acceptors (Lipinski definition) is 3. The van der Waals surface area contributed by atoms with Crippen LogP contribution in [0, 0.1) is 0 Å². The summed E-state index contributed by atoms with van der Waals surface area (Å²) in [7, 11) is 1.67. The molecule has 1 aliphatic heterocycles. The molecule has 82 valence electrons. The summed E-state index contributed by atoms with van der Waals surface area (Å²) in [4.78, 5) is 2.28. The molecule has 3 nitrogen and oxygen atoms in total. The molecule has 3 heteroatoms. The van der Waals surface area contributed by atoms with Crippen LogP contribution in [0.15, 0.2) is 18.2 Å². The monoisotopic (exact) mass is 207 g/mol. The summed E-state index contributed by atoms with van der Waals surface area (Å²) in [5, 5.41) is 9.48. The average molecular weight is 207 g/mol. The maximum absolute atomic E-state index is 9.48. The smallest absolute Gasteiger partial charge is 0.142 e. The number of phenolic OH excluding ortho intramolecular Hbond substituents is 1. The molecule has 0 unspecified atom stereocenters. The van der Waals surface area contributed by atoms with Crippen LogP contribution in [0.4, 0.5) is 5.69 Å². The van der Waals surface area contributed by atoms with Gasteiger partial charge in [-0.1, -0.05) is 0 Å². The molecule has 1 aliphatic rings. The number of phenols is 1. The standard InChI is InChI=1S/C12H17NO2/c1-15-12-6-5-10(14)9-11(12)13-7-3-2-4-8-13/h5-6,9,14H,2-4,7-8H2,1H3. The van der Waals surface area contributed by atoms with Gasteiger partial charge in [0.2, 0.25) is 0 Å². The number of nitrogens with zero attached hydrogens (tertiary/aromatic N) is 1. The van der Waals surface area contributed by atoms with E-state index >= 15 is 0 Å². The van der Waals surface area contributed by atoms with Crippen molar-refractivity contribution in [3.05, 3.63) is 18.2 Å². The van der Waals surface area contributed by atoms with Crippen molar-refractivity contribution >= 4 is 5.69 Å². The van der Waals surface area contributed by atoms with Crippen LogP contribution >= 0.6 is 0 Å². The van der Waals surface area contributed by atoms with E-state index in [0.29, 0.717) is 5.75 Å². The fourth-order valence-corrected chi connectivity index (χ4v) is 2.06. The van der Waals surface area contributed by atoms with Crippen molar-refractivity contribution in [1.29, 1.82) is 0 Å². The third-order valence-corrected chi connectivity index (χ3v) is 2.86. The van der Waals surface area contributed by atoms with E-state index in [0.717, 1.165) is 24.5 Å². The van der Waals surface area contributed by atoms with Gasteiger partial charge in [0.1, 0.15) is 11.5 Å². The first kappa shape index (κ1) is 10.1. The molecule has 1 fully saturated rings. The number of methoxy groups -OCH3 is 1. The number of piperidine rings is 1. The summed E-state index contributed by atoms with van der Waals surface area (Å²) >= 11 is 0. The minimum Gasteiger partial charge on any atom is -0.508 e. The first-order valence-corrected chi connectivity index (χ1v) is 5.43. The highest BCUT2D eigenvalue weighted by atomic mass is 16.5. The minimum atomic E-state index is 0.302. The van der Waals surface area contributed by atoms with Gasteiger partial charge in [-0.05, 0) is 31.4 Å². The maximum Gasteiger partial charge on any atom is 0.142 e. The Morgan fingerprint density at radius 2 is 1.93 bits per heavy atom. The van der Waals surface area contributed by atoms with E-state index in [4.69, 9.17) is 4.74 Å². The highest BCUT2D eigenvalue weighted by Gasteiger charge is 2.15. The summed E-state index contributed by atoms with van der Waals surface area (Å²) in [5.74, 6) is 1.14. The summed E-state index contributed by atoms with van der Waals surface area (Å²) in [6, 6.07) is 5.26.